The second-order valence-electron chi connectivity index (χ2n) is 5.65. The van der Waals surface area contributed by atoms with E-state index < -0.39 is 6.10 Å². The highest BCUT2D eigenvalue weighted by atomic mass is 32.1. The molecule has 1 unspecified atom stereocenters. The minimum atomic E-state index is -0.700. The van der Waals surface area contributed by atoms with E-state index in [2.05, 4.69) is 35.0 Å². The molecule has 0 radical (unpaired) electrons. The molecule has 120 valence electrons. The molecule has 1 atom stereocenters. The largest absolute Gasteiger partial charge is 0.467 e. The van der Waals surface area contributed by atoms with Gasteiger partial charge in [0, 0.05) is 0 Å². The Kier molecular flexibility index (Phi) is 3.92. The van der Waals surface area contributed by atoms with Crippen molar-refractivity contribution in [3.8, 4) is 22.3 Å². The molecule has 0 saturated carbocycles. The topological polar surface area (TPSA) is 35.5 Å². The third kappa shape index (κ3) is 2.44. The molecular formula is C20H16O3S. The lowest BCUT2D eigenvalue weighted by Gasteiger charge is -2.15. The number of carbonyl (C=O) groups is 1. The lowest BCUT2D eigenvalue weighted by molar-refractivity contribution is -0.155. The SMILES string of the molecule is COC(=O)C1OCc2c(-c3ccsc3)cccc2-c2ccccc21. The molecule has 2 aromatic carbocycles. The van der Waals surface area contributed by atoms with Crippen LogP contribution < -0.4 is 0 Å². The maximum atomic E-state index is 12.2. The van der Waals surface area contributed by atoms with Gasteiger partial charge < -0.3 is 9.47 Å². The van der Waals surface area contributed by atoms with Crippen molar-refractivity contribution in [2.24, 2.45) is 0 Å². The van der Waals surface area contributed by atoms with Gasteiger partial charge in [0.25, 0.3) is 0 Å². The summed E-state index contributed by atoms with van der Waals surface area (Å²) < 4.78 is 10.9. The van der Waals surface area contributed by atoms with Gasteiger partial charge in [0.15, 0.2) is 6.10 Å². The van der Waals surface area contributed by atoms with Crippen molar-refractivity contribution in [2.45, 2.75) is 12.7 Å². The minimum absolute atomic E-state index is 0.368. The summed E-state index contributed by atoms with van der Waals surface area (Å²) in [6, 6.07) is 16.2. The highest BCUT2D eigenvalue weighted by Gasteiger charge is 2.29. The van der Waals surface area contributed by atoms with Gasteiger partial charge in [-0.25, -0.2) is 4.79 Å². The first-order chi connectivity index (χ1) is 11.8. The fourth-order valence-electron chi connectivity index (χ4n) is 3.21. The fourth-order valence-corrected chi connectivity index (χ4v) is 3.87. The van der Waals surface area contributed by atoms with Gasteiger partial charge in [0.1, 0.15) is 0 Å². The minimum Gasteiger partial charge on any atom is -0.467 e. The maximum Gasteiger partial charge on any atom is 0.339 e. The number of methoxy groups -OCH3 is 1. The maximum absolute atomic E-state index is 12.2. The number of hydrogen-bond donors (Lipinski definition) is 0. The zero-order valence-corrected chi connectivity index (χ0v) is 14.0. The number of ether oxygens (including phenoxy) is 2. The Morgan fingerprint density at radius 1 is 1.08 bits per heavy atom. The number of hydrogen-bond acceptors (Lipinski definition) is 4. The summed E-state index contributed by atoms with van der Waals surface area (Å²) in [6.07, 6.45) is -0.700. The molecule has 0 saturated heterocycles. The van der Waals surface area contributed by atoms with Crippen molar-refractivity contribution < 1.29 is 14.3 Å². The van der Waals surface area contributed by atoms with E-state index in [0.717, 1.165) is 27.8 Å². The highest BCUT2D eigenvalue weighted by molar-refractivity contribution is 7.08. The van der Waals surface area contributed by atoms with Crippen LogP contribution in [0, 0.1) is 0 Å². The van der Waals surface area contributed by atoms with E-state index in [0.29, 0.717) is 6.61 Å². The van der Waals surface area contributed by atoms with Crippen LogP contribution in [0.4, 0.5) is 0 Å². The quantitative estimate of drug-likeness (QED) is 0.629. The highest BCUT2D eigenvalue weighted by Crippen LogP contribution is 2.41. The van der Waals surface area contributed by atoms with Crippen LogP contribution in [0.1, 0.15) is 17.2 Å². The van der Waals surface area contributed by atoms with E-state index in [9.17, 15) is 4.79 Å². The predicted octanol–water partition coefficient (Wildman–Crippen LogP) is 4.83. The Hall–Kier alpha value is -2.43. The summed E-state index contributed by atoms with van der Waals surface area (Å²) in [4.78, 5) is 12.2. The van der Waals surface area contributed by atoms with Crippen molar-refractivity contribution in [3.05, 3.63) is 70.4 Å². The van der Waals surface area contributed by atoms with E-state index in [1.165, 1.54) is 12.7 Å². The fraction of sp³-hybridized carbons (Fsp3) is 0.150. The molecule has 0 N–H and O–H groups in total. The van der Waals surface area contributed by atoms with Crippen LogP contribution in [0.15, 0.2) is 59.3 Å². The molecule has 0 spiro atoms. The molecule has 1 aliphatic rings. The smallest absolute Gasteiger partial charge is 0.339 e. The molecule has 0 amide bonds. The van der Waals surface area contributed by atoms with Crippen molar-refractivity contribution in [3.63, 3.8) is 0 Å². The van der Waals surface area contributed by atoms with Crippen LogP contribution >= 0.6 is 11.3 Å². The number of esters is 1. The number of thiophene rings is 1. The molecule has 4 heteroatoms. The summed E-state index contributed by atoms with van der Waals surface area (Å²) in [6.45, 7) is 0.371. The molecule has 3 aromatic rings. The van der Waals surface area contributed by atoms with E-state index in [4.69, 9.17) is 9.47 Å². The van der Waals surface area contributed by atoms with Gasteiger partial charge in [-0.1, -0.05) is 42.5 Å². The predicted molar refractivity (Wildman–Crippen MR) is 94.7 cm³/mol. The Morgan fingerprint density at radius 3 is 2.67 bits per heavy atom. The van der Waals surface area contributed by atoms with Crippen LogP contribution in [0.5, 0.6) is 0 Å². The first-order valence-corrected chi connectivity index (χ1v) is 8.67. The summed E-state index contributed by atoms with van der Waals surface area (Å²) in [5.74, 6) is -0.368. The monoisotopic (exact) mass is 336 g/mol. The summed E-state index contributed by atoms with van der Waals surface area (Å²) in [5.41, 5.74) is 6.42. The van der Waals surface area contributed by atoms with Gasteiger partial charge in [-0.2, -0.15) is 11.3 Å². The number of benzene rings is 2. The summed E-state index contributed by atoms with van der Waals surface area (Å²) >= 11 is 1.67. The molecular weight excluding hydrogens is 320 g/mol. The normalized spacial score (nSPS) is 16.0. The lowest BCUT2D eigenvalue weighted by atomic mass is 9.90. The number of rotatable bonds is 2. The van der Waals surface area contributed by atoms with E-state index >= 15 is 0 Å². The molecule has 4 rings (SSSR count). The van der Waals surface area contributed by atoms with Crippen LogP contribution in [0.2, 0.25) is 0 Å². The molecule has 0 bridgehead atoms. The molecule has 0 aliphatic carbocycles. The van der Waals surface area contributed by atoms with Crippen LogP contribution in [-0.2, 0) is 20.9 Å². The van der Waals surface area contributed by atoms with Gasteiger partial charge in [0.2, 0.25) is 0 Å². The van der Waals surface area contributed by atoms with Crippen molar-refractivity contribution in [1.29, 1.82) is 0 Å². The van der Waals surface area contributed by atoms with Gasteiger partial charge in [-0.15, -0.1) is 0 Å². The summed E-state index contributed by atoms with van der Waals surface area (Å²) in [7, 11) is 1.39. The first-order valence-electron chi connectivity index (χ1n) is 7.73. The van der Waals surface area contributed by atoms with Crippen LogP contribution in [0.3, 0.4) is 0 Å². The zero-order chi connectivity index (χ0) is 16.5. The molecule has 2 heterocycles. The van der Waals surface area contributed by atoms with E-state index in [1.807, 2.05) is 24.3 Å². The van der Waals surface area contributed by atoms with E-state index in [1.54, 1.807) is 11.3 Å². The lowest BCUT2D eigenvalue weighted by Crippen LogP contribution is -2.17. The third-order valence-corrected chi connectivity index (χ3v) is 5.03. The Bertz CT molecular complexity index is 884. The zero-order valence-electron chi connectivity index (χ0n) is 13.2. The Balaban J connectivity index is 1.93. The average Bonchev–Trinajstić information content (AvgIpc) is 3.10. The average molecular weight is 336 g/mol. The van der Waals surface area contributed by atoms with Crippen molar-refractivity contribution in [1.82, 2.24) is 0 Å². The first kappa shape index (κ1) is 15.1. The van der Waals surface area contributed by atoms with Crippen molar-refractivity contribution in [2.75, 3.05) is 7.11 Å². The van der Waals surface area contributed by atoms with Crippen LogP contribution in [-0.4, -0.2) is 13.1 Å². The summed E-state index contributed by atoms with van der Waals surface area (Å²) in [5, 5.41) is 4.20. The Morgan fingerprint density at radius 2 is 1.88 bits per heavy atom. The molecule has 3 nitrogen and oxygen atoms in total. The van der Waals surface area contributed by atoms with Gasteiger partial charge >= 0.3 is 5.97 Å². The second-order valence-corrected chi connectivity index (χ2v) is 6.43. The molecule has 0 fully saturated rings. The number of carbonyl (C=O) groups excluding carboxylic acids is 1. The second kappa shape index (κ2) is 6.23. The number of fused-ring (bicyclic) bond motifs is 3. The third-order valence-electron chi connectivity index (χ3n) is 4.35. The molecule has 1 aliphatic heterocycles. The molecule has 24 heavy (non-hydrogen) atoms. The van der Waals surface area contributed by atoms with Gasteiger partial charge in [-0.3, -0.25) is 0 Å². The van der Waals surface area contributed by atoms with Gasteiger partial charge in [-0.05, 0) is 50.2 Å². The molecule has 1 aromatic heterocycles. The van der Waals surface area contributed by atoms with Crippen molar-refractivity contribution >= 4 is 17.3 Å². The van der Waals surface area contributed by atoms with E-state index in [-0.39, 0.29) is 5.97 Å². The van der Waals surface area contributed by atoms with Gasteiger partial charge in [0.05, 0.1) is 13.7 Å². The van der Waals surface area contributed by atoms with Crippen LogP contribution in [0.25, 0.3) is 22.3 Å². The standard InChI is InChI=1S/C20H16O3S/c1-22-20(21)19-17-6-3-2-5-15(17)16-8-4-7-14(18(16)11-23-19)13-9-10-24-12-13/h2-10,12,19H,11H2,1H3. The Labute approximate surface area is 144 Å².